The zero-order valence-electron chi connectivity index (χ0n) is 11.4. The highest BCUT2D eigenvalue weighted by atomic mass is 16.5. The lowest BCUT2D eigenvalue weighted by Crippen LogP contribution is -2.28. The van der Waals surface area contributed by atoms with Crippen molar-refractivity contribution >= 4 is 5.91 Å². The molecule has 1 aliphatic carbocycles. The zero-order chi connectivity index (χ0) is 13.5. The van der Waals surface area contributed by atoms with Gasteiger partial charge in [-0.25, -0.2) is 0 Å². The Kier molecular flexibility index (Phi) is 5.21. The van der Waals surface area contributed by atoms with E-state index in [-0.39, 0.29) is 5.91 Å². The molecule has 1 aromatic carbocycles. The largest absolute Gasteiger partial charge is 0.494 e. The van der Waals surface area contributed by atoms with Gasteiger partial charge in [0.25, 0.3) is 0 Å². The van der Waals surface area contributed by atoms with Crippen molar-refractivity contribution in [2.45, 2.75) is 38.8 Å². The Hall–Kier alpha value is -1.55. The van der Waals surface area contributed by atoms with Crippen LogP contribution in [0.1, 0.15) is 31.7 Å². The smallest absolute Gasteiger partial charge is 0.221 e. The fourth-order valence-corrected chi connectivity index (χ4v) is 1.83. The molecule has 0 aromatic heterocycles. The molecule has 0 radical (unpaired) electrons. The number of hydrogen-bond acceptors (Lipinski definition) is 3. The zero-order valence-corrected chi connectivity index (χ0v) is 11.4. The molecule has 19 heavy (non-hydrogen) atoms. The summed E-state index contributed by atoms with van der Waals surface area (Å²) in [6.45, 7) is 4.16. The van der Waals surface area contributed by atoms with Crippen molar-refractivity contribution in [2.75, 3.05) is 13.2 Å². The Balaban J connectivity index is 1.60. The SMILES string of the molecule is CCOc1ccc(CNCCC(=O)NC2CC2)cc1. The Labute approximate surface area is 114 Å². The van der Waals surface area contributed by atoms with Gasteiger partial charge in [0.05, 0.1) is 6.61 Å². The maximum atomic E-state index is 11.5. The summed E-state index contributed by atoms with van der Waals surface area (Å²) in [6, 6.07) is 8.49. The van der Waals surface area contributed by atoms with Crippen LogP contribution in [0.4, 0.5) is 0 Å². The van der Waals surface area contributed by atoms with E-state index in [9.17, 15) is 4.79 Å². The minimum absolute atomic E-state index is 0.154. The van der Waals surface area contributed by atoms with Crippen LogP contribution in [0.2, 0.25) is 0 Å². The predicted octanol–water partition coefficient (Wildman–Crippen LogP) is 1.84. The van der Waals surface area contributed by atoms with E-state index < -0.39 is 0 Å². The average Bonchev–Trinajstić information content (AvgIpc) is 3.21. The highest BCUT2D eigenvalue weighted by molar-refractivity contribution is 5.76. The summed E-state index contributed by atoms with van der Waals surface area (Å²) in [5.41, 5.74) is 1.20. The molecule has 1 amide bonds. The average molecular weight is 262 g/mol. The van der Waals surface area contributed by atoms with E-state index in [1.165, 1.54) is 5.56 Å². The summed E-state index contributed by atoms with van der Waals surface area (Å²) in [4.78, 5) is 11.5. The number of carbonyl (C=O) groups is 1. The Morgan fingerprint density at radius 3 is 2.68 bits per heavy atom. The topological polar surface area (TPSA) is 50.4 Å². The second kappa shape index (κ2) is 7.14. The van der Waals surface area contributed by atoms with Crippen molar-refractivity contribution in [3.05, 3.63) is 29.8 Å². The quantitative estimate of drug-likeness (QED) is 0.703. The van der Waals surface area contributed by atoms with Gasteiger partial charge in [-0.2, -0.15) is 0 Å². The van der Waals surface area contributed by atoms with Gasteiger partial charge in [0, 0.05) is 25.6 Å². The number of carbonyl (C=O) groups excluding carboxylic acids is 1. The summed E-state index contributed by atoms with van der Waals surface area (Å²) in [6.07, 6.45) is 2.84. The number of amides is 1. The molecule has 0 heterocycles. The first kappa shape index (κ1) is 13.9. The van der Waals surface area contributed by atoms with Crippen LogP contribution in [-0.4, -0.2) is 25.1 Å². The van der Waals surface area contributed by atoms with Crippen LogP contribution >= 0.6 is 0 Å². The summed E-state index contributed by atoms with van der Waals surface area (Å²) >= 11 is 0. The number of rotatable bonds is 8. The van der Waals surface area contributed by atoms with Crippen LogP contribution in [0.15, 0.2) is 24.3 Å². The van der Waals surface area contributed by atoms with Gasteiger partial charge in [-0.3, -0.25) is 4.79 Å². The van der Waals surface area contributed by atoms with Gasteiger partial charge < -0.3 is 15.4 Å². The molecule has 104 valence electrons. The molecule has 4 heteroatoms. The maximum Gasteiger partial charge on any atom is 0.221 e. The van der Waals surface area contributed by atoms with E-state index in [1.54, 1.807) is 0 Å². The van der Waals surface area contributed by atoms with Gasteiger partial charge in [-0.1, -0.05) is 12.1 Å². The van der Waals surface area contributed by atoms with Gasteiger partial charge in [0.1, 0.15) is 5.75 Å². The molecule has 0 bridgehead atoms. The number of ether oxygens (including phenoxy) is 1. The first-order valence-corrected chi connectivity index (χ1v) is 6.99. The lowest BCUT2D eigenvalue weighted by molar-refractivity contribution is -0.121. The minimum atomic E-state index is 0.154. The summed E-state index contributed by atoms with van der Waals surface area (Å²) in [7, 11) is 0. The van der Waals surface area contributed by atoms with Crippen molar-refractivity contribution in [3.63, 3.8) is 0 Å². The van der Waals surface area contributed by atoms with Crippen molar-refractivity contribution in [1.82, 2.24) is 10.6 Å². The summed E-state index contributed by atoms with van der Waals surface area (Å²) < 4.78 is 5.39. The molecule has 1 saturated carbocycles. The molecule has 1 aromatic rings. The molecular formula is C15H22N2O2. The Morgan fingerprint density at radius 1 is 1.32 bits per heavy atom. The summed E-state index contributed by atoms with van der Waals surface area (Å²) in [5.74, 6) is 1.05. The van der Waals surface area contributed by atoms with Crippen molar-refractivity contribution < 1.29 is 9.53 Å². The van der Waals surface area contributed by atoms with Crippen LogP contribution in [-0.2, 0) is 11.3 Å². The molecule has 2 rings (SSSR count). The standard InChI is InChI=1S/C15H22N2O2/c1-2-19-14-7-3-12(4-8-14)11-16-10-9-15(18)17-13-5-6-13/h3-4,7-8,13,16H,2,5-6,9-11H2,1H3,(H,17,18). The fourth-order valence-electron chi connectivity index (χ4n) is 1.83. The third-order valence-corrected chi connectivity index (χ3v) is 3.03. The van der Waals surface area contributed by atoms with Gasteiger partial charge in [-0.15, -0.1) is 0 Å². The second-order valence-electron chi connectivity index (χ2n) is 4.85. The molecule has 2 N–H and O–H groups in total. The molecule has 0 saturated heterocycles. The van der Waals surface area contributed by atoms with Crippen LogP contribution < -0.4 is 15.4 Å². The molecule has 1 aliphatic rings. The van der Waals surface area contributed by atoms with E-state index >= 15 is 0 Å². The minimum Gasteiger partial charge on any atom is -0.494 e. The molecule has 0 spiro atoms. The third kappa shape index (κ3) is 5.30. The molecule has 4 nitrogen and oxygen atoms in total. The first-order valence-electron chi connectivity index (χ1n) is 6.99. The second-order valence-corrected chi connectivity index (χ2v) is 4.85. The molecule has 1 fully saturated rings. The molecule has 0 unspecified atom stereocenters. The van der Waals surface area contributed by atoms with Gasteiger partial charge in [0.15, 0.2) is 0 Å². The van der Waals surface area contributed by atoms with E-state index in [2.05, 4.69) is 10.6 Å². The van der Waals surface area contributed by atoms with Crippen LogP contribution in [0.3, 0.4) is 0 Å². The lowest BCUT2D eigenvalue weighted by atomic mass is 10.2. The van der Waals surface area contributed by atoms with Crippen molar-refractivity contribution in [1.29, 1.82) is 0 Å². The van der Waals surface area contributed by atoms with E-state index in [1.807, 2.05) is 31.2 Å². The van der Waals surface area contributed by atoms with Crippen LogP contribution in [0, 0.1) is 0 Å². The first-order chi connectivity index (χ1) is 9.28. The van der Waals surface area contributed by atoms with Gasteiger partial charge in [0.2, 0.25) is 5.91 Å². The fraction of sp³-hybridized carbons (Fsp3) is 0.533. The van der Waals surface area contributed by atoms with Crippen molar-refractivity contribution in [3.8, 4) is 5.75 Å². The monoisotopic (exact) mass is 262 g/mol. The maximum absolute atomic E-state index is 11.5. The van der Waals surface area contributed by atoms with E-state index in [0.29, 0.717) is 25.6 Å². The number of nitrogens with one attached hydrogen (secondary N) is 2. The van der Waals surface area contributed by atoms with E-state index in [4.69, 9.17) is 4.74 Å². The normalized spacial score (nSPS) is 14.2. The number of hydrogen-bond donors (Lipinski definition) is 2. The number of benzene rings is 1. The van der Waals surface area contributed by atoms with E-state index in [0.717, 1.165) is 25.1 Å². The lowest BCUT2D eigenvalue weighted by Gasteiger charge is -2.07. The highest BCUT2D eigenvalue weighted by Crippen LogP contribution is 2.18. The van der Waals surface area contributed by atoms with Gasteiger partial charge in [-0.05, 0) is 37.5 Å². The van der Waals surface area contributed by atoms with Crippen molar-refractivity contribution in [2.24, 2.45) is 0 Å². The van der Waals surface area contributed by atoms with Crippen LogP contribution in [0.25, 0.3) is 0 Å². The van der Waals surface area contributed by atoms with Gasteiger partial charge >= 0.3 is 0 Å². The molecule has 0 aliphatic heterocycles. The highest BCUT2D eigenvalue weighted by Gasteiger charge is 2.22. The Morgan fingerprint density at radius 2 is 2.05 bits per heavy atom. The van der Waals surface area contributed by atoms with Crippen LogP contribution in [0.5, 0.6) is 5.75 Å². The molecule has 0 atom stereocenters. The molecular weight excluding hydrogens is 240 g/mol. The Bertz CT molecular complexity index is 399. The third-order valence-electron chi connectivity index (χ3n) is 3.03. The summed E-state index contributed by atoms with van der Waals surface area (Å²) in [5, 5.41) is 6.25. The predicted molar refractivity (Wildman–Crippen MR) is 75.1 cm³/mol.